The van der Waals surface area contributed by atoms with Crippen LogP contribution in [-0.4, -0.2) is 62.6 Å². The number of rotatable bonds is 7. The molecule has 29 heavy (non-hydrogen) atoms. The SMILES string of the molecule is CCNC(=NCC(=O)N1CCN(c2ccccc2)CC1)NCCc1ccccc1. The minimum absolute atomic E-state index is 0.0815. The zero-order valence-electron chi connectivity index (χ0n) is 17.2. The van der Waals surface area contributed by atoms with E-state index in [4.69, 9.17) is 0 Å². The first-order valence-corrected chi connectivity index (χ1v) is 10.4. The molecule has 1 aliphatic heterocycles. The van der Waals surface area contributed by atoms with Gasteiger partial charge in [-0.25, -0.2) is 4.99 Å². The van der Waals surface area contributed by atoms with Crippen LogP contribution in [0.5, 0.6) is 0 Å². The third-order valence-electron chi connectivity index (χ3n) is 5.02. The molecule has 154 valence electrons. The molecule has 0 spiro atoms. The Labute approximate surface area is 173 Å². The van der Waals surface area contributed by atoms with Gasteiger partial charge in [0.1, 0.15) is 6.54 Å². The average molecular weight is 394 g/mol. The molecule has 0 unspecified atom stereocenters. The van der Waals surface area contributed by atoms with E-state index in [0.29, 0.717) is 5.96 Å². The summed E-state index contributed by atoms with van der Waals surface area (Å²) >= 11 is 0. The second-order valence-electron chi connectivity index (χ2n) is 7.06. The Bertz CT molecular complexity index is 770. The van der Waals surface area contributed by atoms with Crippen LogP contribution in [0.3, 0.4) is 0 Å². The summed E-state index contributed by atoms with van der Waals surface area (Å²) in [4.78, 5) is 21.3. The predicted octanol–water partition coefficient (Wildman–Crippen LogP) is 2.13. The largest absolute Gasteiger partial charge is 0.368 e. The quantitative estimate of drug-likeness (QED) is 0.559. The molecule has 0 saturated carbocycles. The van der Waals surface area contributed by atoms with E-state index in [1.807, 2.05) is 36.1 Å². The molecule has 1 heterocycles. The smallest absolute Gasteiger partial charge is 0.244 e. The van der Waals surface area contributed by atoms with E-state index in [0.717, 1.165) is 45.7 Å². The van der Waals surface area contributed by atoms with Crippen LogP contribution in [0.2, 0.25) is 0 Å². The number of para-hydroxylation sites is 1. The molecule has 0 bridgehead atoms. The summed E-state index contributed by atoms with van der Waals surface area (Å²) in [6, 6.07) is 20.7. The third-order valence-corrected chi connectivity index (χ3v) is 5.02. The van der Waals surface area contributed by atoms with Crippen LogP contribution in [-0.2, 0) is 11.2 Å². The summed E-state index contributed by atoms with van der Waals surface area (Å²) in [5.41, 5.74) is 2.50. The van der Waals surface area contributed by atoms with Crippen molar-refractivity contribution in [1.29, 1.82) is 0 Å². The predicted molar refractivity (Wildman–Crippen MR) is 119 cm³/mol. The fourth-order valence-electron chi connectivity index (χ4n) is 3.41. The second-order valence-corrected chi connectivity index (χ2v) is 7.06. The number of benzene rings is 2. The standard InChI is InChI=1S/C23H31N5O/c1-2-24-23(25-14-13-20-9-5-3-6-10-20)26-19-22(29)28-17-15-27(16-18-28)21-11-7-4-8-12-21/h3-12H,2,13-19H2,1H3,(H2,24,25,26). The monoisotopic (exact) mass is 393 g/mol. The van der Waals surface area contributed by atoms with Gasteiger partial charge in [0, 0.05) is 45.0 Å². The summed E-state index contributed by atoms with van der Waals surface area (Å²) < 4.78 is 0. The van der Waals surface area contributed by atoms with E-state index in [-0.39, 0.29) is 12.5 Å². The first-order chi connectivity index (χ1) is 14.3. The van der Waals surface area contributed by atoms with Crippen LogP contribution in [0.15, 0.2) is 65.7 Å². The molecule has 1 saturated heterocycles. The highest BCUT2D eigenvalue weighted by molar-refractivity contribution is 5.85. The average Bonchev–Trinajstić information content (AvgIpc) is 2.78. The van der Waals surface area contributed by atoms with Gasteiger partial charge in [-0.2, -0.15) is 0 Å². The van der Waals surface area contributed by atoms with Crippen molar-refractivity contribution in [2.24, 2.45) is 4.99 Å². The maximum absolute atomic E-state index is 12.6. The molecule has 0 radical (unpaired) electrons. The number of aliphatic imine (C=N–C) groups is 1. The van der Waals surface area contributed by atoms with Gasteiger partial charge in [0.05, 0.1) is 0 Å². The maximum atomic E-state index is 12.6. The van der Waals surface area contributed by atoms with E-state index in [1.54, 1.807) is 0 Å². The lowest BCUT2D eigenvalue weighted by molar-refractivity contribution is -0.129. The van der Waals surface area contributed by atoms with Crippen LogP contribution in [0.1, 0.15) is 12.5 Å². The molecule has 0 aromatic heterocycles. The molecule has 0 aliphatic carbocycles. The number of hydrogen-bond donors (Lipinski definition) is 2. The molecule has 3 rings (SSSR count). The molecule has 1 fully saturated rings. The van der Waals surface area contributed by atoms with Gasteiger partial charge in [-0.05, 0) is 31.0 Å². The van der Waals surface area contributed by atoms with Gasteiger partial charge in [-0.3, -0.25) is 4.79 Å². The van der Waals surface area contributed by atoms with Crippen molar-refractivity contribution in [3.05, 3.63) is 66.2 Å². The number of carbonyl (C=O) groups is 1. The van der Waals surface area contributed by atoms with Gasteiger partial charge >= 0.3 is 0 Å². The number of anilines is 1. The van der Waals surface area contributed by atoms with Gasteiger partial charge in [0.25, 0.3) is 0 Å². The van der Waals surface area contributed by atoms with Crippen molar-refractivity contribution in [2.45, 2.75) is 13.3 Å². The molecular weight excluding hydrogens is 362 g/mol. The van der Waals surface area contributed by atoms with Crippen molar-refractivity contribution in [1.82, 2.24) is 15.5 Å². The Kier molecular flexibility index (Phi) is 7.92. The number of amides is 1. The van der Waals surface area contributed by atoms with Gasteiger partial charge in [0.2, 0.25) is 5.91 Å². The van der Waals surface area contributed by atoms with Crippen molar-refractivity contribution < 1.29 is 4.79 Å². The van der Waals surface area contributed by atoms with Gasteiger partial charge < -0.3 is 20.4 Å². The lowest BCUT2D eigenvalue weighted by atomic mass is 10.1. The summed E-state index contributed by atoms with van der Waals surface area (Å²) in [6.45, 7) is 6.93. The van der Waals surface area contributed by atoms with E-state index < -0.39 is 0 Å². The minimum atomic E-state index is 0.0815. The summed E-state index contributed by atoms with van der Waals surface area (Å²) in [7, 11) is 0. The molecule has 6 heteroatoms. The fourth-order valence-corrected chi connectivity index (χ4v) is 3.41. The van der Waals surface area contributed by atoms with Crippen molar-refractivity contribution >= 4 is 17.6 Å². The molecule has 0 atom stereocenters. The summed E-state index contributed by atoms with van der Waals surface area (Å²) in [6.07, 6.45) is 0.917. The van der Waals surface area contributed by atoms with E-state index in [2.05, 4.69) is 56.9 Å². The summed E-state index contributed by atoms with van der Waals surface area (Å²) in [5.74, 6) is 0.776. The normalized spacial score (nSPS) is 14.6. The number of carbonyl (C=O) groups excluding carboxylic acids is 1. The van der Waals surface area contributed by atoms with Gasteiger partial charge in [0.15, 0.2) is 5.96 Å². The zero-order chi connectivity index (χ0) is 20.3. The molecule has 6 nitrogen and oxygen atoms in total. The van der Waals surface area contributed by atoms with Crippen LogP contribution < -0.4 is 15.5 Å². The topological polar surface area (TPSA) is 60.0 Å². The lowest BCUT2D eigenvalue weighted by Crippen LogP contribution is -2.49. The van der Waals surface area contributed by atoms with Crippen LogP contribution in [0, 0.1) is 0 Å². The Balaban J connectivity index is 1.44. The number of nitrogens with zero attached hydrogens (tertiary/aromatic N) is 3. The van der Waals surface area contributed by atoms with Gasteiger partial charge in [-0.15, -0.1) is 0 Å². The van der Waals surface area contributed by atoms with Crippen LogP contribution >= 0.6 is 0 Å². The highest BCUT2D eigenvalue weighted by Crippen LogP contribution is 2.15. The van der Waals surface area contributed by atoms with E-state index in [9.17, 15) is 4.79 Å². The fraction of sp³-hybridized carbons (Fsp3) is 0.391. The molecule has 1 amide bonds. The number of piperazine rings is 1. The Morgan fingerprint density at radius 3 is 2.24 bits per heavy atom. The molecule has 2 aromatic carbocycles. The van der Waals surface area contributed by atoms with Crippen molar-refractivity contribution in [3.63, 3.8) is 0 Å². The third kappa shape index (κ3) is 6.52. The number of nitrogens with one attached hydrogen (secondary N) is 2. The van der Waals surface area contributed by atoms with Crippen LogP contribution in [0.4, 0.5) is 5.69 Å². The van der Waals surface area contributed by atoms with E-state index >= 15 is 0 Å². The van der Waals surface area contributed by atoms with E-state index in [1.165, 1.54) is 11.3 Å². The van der Waals surface area contributed by atoms with Crippen LogP contribution in [0.25, 0.3) is 0 Å². The number of guanidine groups is 1. The Morgan fingerprint density at radius 2 is 1.59 bits per heavy atom. The Morgan fingerprint density at radius 1 is 0.931 bits per heavy atom. The van der Waals surface area contributed by atoms with Gasteiger partial charge in [-0.1, -0.05) is 48.5 Å². The lowest BCUT2D eigenvalue weighted by Gasteiger charge is -2.36. The molecular formula is C23H31N5O. The number of hydrogen-bond acceptors (Lipinski definition) is 3. The highest BCUT2D eigenvalue weighted by atomic mass is 16.2. The highest BCUT2D eigenvalue weighted by Gasteiger charge is 2.20. The summed E-state index contributed by atoms with van der Waals surface area (Å²) in [5, 5.41) is 6.53. The maximum Gasteiger partial charge on any atom is 0.244 e. The van der Waals surface area contributed by atoms with Crippen molar-refractivity contribution in [3.8, 4) is 0 Å². The Hall–Kier alpha value is -3.02. The first-order valence-electron chi connectivity index (χ1n) is 10.4. The second kappa shape index (κ2) is 11.1. The molecule has 1 aliphatic rings. The molecule has 2 aromatic rings. The van der Waals surface area contributed by atoms with Crippen molar-refractivity contribution in [2.75, 3.05) is 50.7 Å². The minimum Gasteiger partial charge on any atom is -0.368 e. The first kappa shape index (κ1) is 20.7. The zero-order valence-corrected chi connectivity index (χ0v) is 17.2. The molecule has 2 N–H and O–H groups in total.